The highest BCUT2D eigenvalue weighted by Crippen LogP contribution is 2.19. The number of rotatable bonds is 4. The van der Waals surface area contributed by atoms with Gasteiger partial charge in [-0.2, -0.15) is 0 Å². The summed E-state index contributed by atoms with van der Waals surface area (Å²) in [5, 5.41) is 6.12. The summed E-state index contributed by atoms with van der Waals surface area (Å²) in [6.07, 6.45) is 2.15. The summed E-state index contributed by atoms with van der Waals surface area (Å²) in [4.78, 5) is 25.7. The van der Waals surface area contributed by atoms with Gasteiger partial charge in [0.05, 0.1) is 5.92 Å². The zero-order chi connectivity index (χ0) is 13.8. The Labute approximate surface area is 127 Å². The molecule has 5 nitrogen and oxygen atoms in total. The van der Waals surface area contributed by atoms with Crippen LogP contribution in [0, 0.1) is 17.8 Å². The van der Waals surface area contributed by atoms with Gasteiger partial charge in [-0.25, -0.2) is 0 Å². The van der Waals surface area contributed by atoms with Crippen LogP contribution in [-0.2, 0) is 9.59 Å². The first-order chi connectivity index (χ1) is 9.08. The Bertz CT molecular complexity index is 345. The summed E-state index contributed by atoms with van der Waals surface area (Å²) >= 11 is 0. The molecule has 0 aromatic heterocycles. The third-order valence-electron chi connectivity index (χ3n) is 4.05. The van der Waals surface area contributed by atoms with E-state index in [2.05, 4.69) is 10.6 Å². The van der Waals surface area contributed by atoms with Crippen LogP contribution in [0.5, 0.6) is 0 Å². The molecule has 2 aliphatic heterocycles. The van der Waals surface area contributed by atoms with Gasteiger partial charge in [0.2, 0.25) is 11.8 Å². The highest BCUT2D eigenvalue weighted by Gasteiger charge is 2.32. The molecule has 116 valence electrons. The molecule has 0 spiro atoms. The topological polar surface area (TPSA) is 61.4 Å². The van der Waals surface area contributed by atoms with Crippen molar-refractivity contribution in [3.05, 3.63) is 0 Å². The number of carbonyl (C=O) groups excluding carboxylic acids is 2. The van der Waals surface area contributed by atoms with Crippen LogP contribution in [0.4, 0.5) is 0 Å². The highest BCUT2D eigenvalue weighted by molar-refractivity contribution is 5.85. The minimum absolute atomic E-state index is 0. The molecule has 2 heterocycles. The maximum atomic E-state index is 12.2. The Kier molecular flexibility index (Phi) is 6.76. The van der Waals surface area contributed by atoms with Crippen molar-refractivity contribution < 1.29 is 9.59 Å². The lowest BCUT2D eigenvalue weighted by atomic mass is 9.94. The number of piperidine rings is 1. The van der Waals surface area contributed by atoms with Crippen LogP contribution >= 0.6 is 12.4 Å². The van der Waals surface area contributed by atoms with Crippen molar-refractivity contribution in [2.24, 2.45) is 17.8 Å². The molecule has 6 heteroatoms. The van der Waals surface area contributed by atoms with Gasteiger partial charge >= 0.3 is 0 Å². The summed E-state index contributed by atoms with van der Waals surface area (Å²) in [5.74, 6) is 1.02. The molecule has 2 saturated heterocycles. The van der Waals surface area contributed by atoms with Gasteiger partial charge < -0.3 is 15.5 Å². The standard InChI is InChI=1S/C14H25N3O2.ClH/c1-10(2)13(18)16-6-11-4-3-5-17(9-11)14(19)12-7-15-8-12;/h10-12,15H,3-9H2,1-2H3,(H,16,18);1H. The number of amides is 2. The number of likely N-dealkylation sites (tertiary alicyclic amines) is 1. The van der Waals surface area contributed by atoms with Crippen LogP contribution < -0.4 is 10.6 Å². The number of nitrogens with one attached hydrogen (secondary N) is 2. The van der Waals surface area contributed by atoms with Gasteiger partial charge in [0.15, 0.2) is 0 Å². The molecule has 0 saturated carbocycles. The molecule has 0 bridgehead atoms. The largest absolute Gasteiger partial charge is 0.356 e. The number of hydrogen-bond donors (Lipinski definition) is 2. The predicted octanol–water partition coefficient (Wildman–Crippen LogP) is 0.638. The fraction of sp³-hybridized carbons (Fsp3) is 0.857. The first-order valence-electron chi connectivity index (χ1n) is 7.35. The van der Waals surface area contributed by atoms with Crippen molar-refractivity contribution in [3.8, 4) is 0 Å². The Hall–Kier alpha value is -0.810. The maximum Gasteiger partial charge on any atom is 0.228 e. The quantitative estimate of drug-likeness (QED) is 0.801. The van der Waals surface area contributed by atoms with Crippen molar-refractivity contribution in [3.63, 3.8) is 0 Å². The summed E-state index contributed by atoms with van der Waals surface area (Å²) < 4.78 is 0. The van der Waals surface area contributed by atoms with E-state index in [1.165, 1.54) is 0 Å². The van der Waals surface area contributed by atoms with Crippen LogP contribution in [0.15, 0.2) is 0 Å². The van der Waals surface area contributed by atoms with E-state index in [-0.39, 0.29) is 30.2 Å². The zero-order valence-corrected chi connectivity index (χ0v) is 13.2. The van der Waals surface area contributed by atoms with Crippen LogP contribution in [0.3, 0.4) is 0 Å². The van der Waals surface area contributed by atoms with E-state index < -0.39 is 0 Å². The normalized spacial score (nSPS) is 22.9. The molecule has 2 aliphatic rings. The van der Waals surface area contributed by atoms with Crippen molar-refractivity contribution >= 4 is 24.2 Å². The lowest BCUT2D eigenvalue weighted by molar-refractivity contribution is -0.138. The number of carbonyl (C=O) groups is 2. The van der Waals surface area contributed by atoms with E-state index in [0.717, 1.165) is 39.0 Å². The van der Waals surface area contributed by atoms with Crippen molar-refractivity contribution in [1.82, 2.24) is 15.5 Å². The van der Waals surface area contributed by atoms with E-state index in [0.29, 0.717) is 18.4 Å². The van der Waals surface area contributed by atoms with Gasteiger partial charge in [0.1, 0.15) is 0 Å². The molecule has 1 atom stereocenters. The second kappa shape index (κ2) is 7.84. The predicted molar refractivity (Wildman–Crippen MR) is 80.8 cm³/mol. The number of nitrogens with zero attached hydrogens (tertiary/aromatic N) is 1. The van der Waals surface area contributed by atoms with E-state index in [1.54, 1.807) is 0 Å². The summed E-state index contributed by atoms with van der Waals surface area (Å²) in [6.45, 7) is 7.82. The monoisotopic (exact) mass is 303 g/mol. The van der Waals surface area contributed by atoms with Gasteiger partial charge in [-0.15, -0.1) is 12.4 Å². The van der Waals surface area contributed by atoms with Crippen molar-refractivity contribution in [2.45, 2.75) is 26.7 Å². The first-order valence-corrected chi connectivity index (χ1v) is 7.35. The van der Waals surface area contributed by atoms with Gasteiger partial charge in [-0.3, -0.25) is 9.59 Å². The zero-order valence-electron chi connectivity index (χ0n) is 12.4. The molecule has 0 aliphatic carbocycles. The van der Waals surface area contributed by atoms with E-state index in [4.69, 9.17) is 0 Å². The van der Waals surface area contributed by atoms with E-state index in [1.807, 2.05) is 18.7 Å². The second-order valence-electron chi connectivity index (χ2n) is 6.05. The van der Waals surface area contributed by atoms with Crippen molar-refractivity contribution in [1.29, 1.82) is 0 Å². The average molecular weight is 304 g/mol. The van der Waals surface area contributed by atoms with E-state index >= 15 is 0 Å². The summed E-state index contributed by atoms with van der Waals surface area (Å²) in [6, 6.07) is 0. The van der Waals surface area contributed by atoms with Crippen LogP contribution in [0.1, 0.15) is 26.7 Å². The van der Waals surface area contributed by atoms with Gasteiger partial charge in [-0.05, 0) is 18.8 Å². The second-order valence-corrected chi connectivity index (χ2v) is 6.05. The van der Waals surface area contributed by atoms with Gasteiger partial charge in [0.25, 0.3) is 0 Å². The molecule has 2 fully saturated rings. The third-order valence-corrected chi connectivity index (χ3v) is 4.05. The molecule has 2 N–H and O–H groups in total. The average Bonchev–Trinajstić information content (AvgIpc) is 2.34. The fourth-order valence-electron chi connectivity index (χ4n) is 2.60. The van der Waals surface area contributed by atoms with Crippen LogP contribution in [0.25, 0.3) is 0 Å². The van der Waals surface area contributed by atoms with E-state index in [9.17, 15) is 9.59 Å². The molecule has 0 aromatic carbocycles. The minimum Gasteiger partial charge on any atom is -0.356 e. The lowest BCUT2D eigenvalue weighted by Crippen LogP contribution is -2.54. The van der Waals surface area contributed by atoms with Crippen LogP contribution in [0.2, 0.25) is 0 Å². The Balaban J connectivity index is 0.00000200. The maximum absolute atomic E-state index is 12.2. The molecule has 2 amide bonds. The smallest absolute Gasteiger partial charge is 0.228 e. The summed E-state index contributed by atoms with van der Waals surface area (Å²) in [7, 11) is 0. The minimum atomic E-state index is 0. The third kappa shape index (κ3) is 4.35. The molecule has 1 unspecified atom stereocenters. The Morgan fingerprint density at radius 1 is 1.35 bits per heavy atom. The van der Waals surface area contributed by atoms with Crippen molar-refractivity contribution in [2.75, 3.05) is 32.7 Å². The van der Waals surface area contributed by atoms with Gasteiger partial charge in [-0.1, -0.05) is 13.8 Å². The molecule has 2 rings (SSSR count). The fourth-order valence-corrected chi connectivity index (χ4v) is 2.60. The Morgan fingerprint density at radius 3 is 2.60 bits per heavy atom. The first kappa shape index (κ1) is 17.2. The lowest BCUT2D eigenvalue weighted by Gasteiger charge is -2.37. The Morgan fingerprint density at radius 2 is 2.05 bits per heavy atom. The SMILES string of the molecule is CC(C)C(=O)NCC1CCCN(C(=O)C2CNC2)C1.Cl. The molecular formula is C14H26ClN3O2. The molecular weight excluding hydrogens is 278 g/mol. The molecule has 20 heavy (non-hydrogen) atoms. The molecule has 0 radical (unpaired) electrons. The van der Waals surface area contributed by atoms with Crippen LogP contribution in [-0.4, -0.2) is 49.4 Å². The number of hydrogen-bond acceptors (Lipinski definition) is 3. The highest BCUT2D eigenvalue weighted by atomic mass is 35.5. The molecule has 0 aromatic rings. The summed E-state index contributed by atoms with van der Waals surface area (Å²) in [5.41, 5.74) is 0. The van der Waals surface area contributed by atoms with Gasteiger partial charge in [0, 0.05) is 38.6 Å². The number of halogens is 1.